The molecule has 0 saturated carbocycles. The number of hydrogen-bond donors (Lipinski definition) is 3. The van der Waals surface area contributed by atoms with E-state index in [0.717, 1.165) is 12.1 Å². The molecule has 0 bridgehead atoms. The van der Waals surface area contributed by atoms with E-state index in [1.54, 1.807) is 29.1 Å². The second kappa shape index (κ2) is 13.1. The van der Waals surface area contributed by atoms with Crippen LogP contribution in [-0.2, 0) is 29.2 Å². The minimum Gasteiger partial charge on any atom is -0.380 e. The molecular formula is C25H30F3N5O3. The van der Waals surface area contributed by atoms with Crippen molar-refractivity contribution in [3.05, 3.63) is 71.7 Å². The Labute approximate surface area is 207 Å². The van der Waals surface area contributed by atoms with E-state index in [1.165, 1.54) is 12.1 Å². The number of aromatic nitrogens is 2. The third-order valence-corrected chi connectivity index (χ3v) is 5.19. The van der Waals surface area contributed by atoms with Gasteiger partial charge in [-0.2, -0.15) is 13.2 Å². The fourth-order valence-corrected chi connectivity index (χ4v) is 3.36. The van der Waals surface area contributed by atoms with Gasteiger partial charge in [-0.3, -0.25) is 4.79 Å². The van der Waals surface area contributed by atoms with Crippen LogP contribution in [0.15, 0.2) is 55.0 Å². The highest BCUT2D eigenvalue weighted by Crippen LogP contribution is 2.30. The summed E-state index contributed by atoms with van der Waals surface area (Å²) in [6.07, 6.45) is -0.906. The molecule has 36 heavy (non-hydrogen) atoms. The molecule has 1 amide bonds. The highest BCUT2D eigenvalue weighted by atomic mass is 19.4. The van der Waals surface area contributed by atoms with Crippen LogP contribution >= 0.6 is 0 Å². The summed E-state index contributed by atoms with van der Waals surface area (Å²) in [5.41, 5.74) is 7.83. The molecule has 0 unspecified atom stereocenters. The molecule has 3 rings (SSSR count). The Morgan fingerprint density at radius 3 is 2.42 bits per heavy atom. The number of halogens is 3. The van der Waals surface area contributed by atoms with Gasteiger partial charge < -0.3 is 30.4 Å². The molecule has 4 N–H and O–H groups in total. The third kappa shape index (κ3) is 8.08. The highest BCUT2D eigenvalue weighted by Gasteiger charge is 2.29. The maximum absolute atomic E-state index is 12.8. The quantitative estimate of drug-likeness (QED) is 0.308. The average Bonchev–Trinajstić information content (AvgIpc) is 3.30. The number of rotatable bonds is 13. The second-order valence-corrected chi connectivity index (χ2v) is 8.00. The predicted molar refractivity (Wildman–Crippen MR) is 130 cm³/mol. The van der Waals surface area contributed by atoms with Crippen LogP contribution in [0.3, 0.4) is 0 Å². The lowest BCUT2D eigenvalue weighted by atomic mass is 10.0. The summed E-state index contributed by atoms with van der Waals surface area (Å²) in [5, 5.41) is 6.06. The topological polar surface area (TPSA) is 103 Å². The second-order valence-electron chi connectivity index (χ2n) is 8.00. The number of amides is 1. The number of imidazole rings is 1. The normalized spacial score (nSPS) is 11.5. The zero-order valence-electron chi connectivity index (χ0n) is 20.0. The smallest absolute Gasteiger partial charge is 0.380 e. The van der Waals surface area contributed by atoms with Gasteiger partial charge in [0.25, 0.3) is 5.91 Å². The molecule has 1 heterocycles. The van der Waals surface area contributed by atoms with Crippen LogP contribution in [-0.4, -0.2) is 55.0 Å². The van der Waals surface area contributed by atoms with Gasteiger partial charge in [0, 0.05) is 49.7 Å². The van der Waals surface area contributed by atoms with Crippen molar-refractivity contribution in [1.82, 2.24) is 14.9 Å². The summed E-state index contributed by atoms with van der Waals surface area (Å²) in [6.45, 7) is 2.78. The van der Waals surface area contributed by atoms with Gasteiger partial charge in [-0.1, -0.05) is 12.1 Å². The van der Waals surface area contributed by atoms with Crippen molar-refractivity contribution in [2.75, 3.05) is 44.8 Å². The Balaban J connectivity index is 1.63. The first kappa shape index (κ1) is 27.2. The van der Waals surface area contributed by atoms with E-state index >= 15 is 0 Å². The Morgan fingerprint density at radius 1 is 1.06 bits per heavy atom. The van der Waals surface area contributed by atoms with Crippen molar-refractivity contribution in [2.24, 2.45) is 12.8 Å². The van der Waals surface area contributed by atoms with E-state index in [-0.39, 0.29) is 5.91 Å². The summed E-state index contributed by atoms with van der Waals surface area (Å²) in [7, 11) is 1.84. The molecule has 0 aliphatic rings. The SMILES string of the molecule is Cn1cnc(-c2cc(C(=O)NCCOCCOCCN)ccc2NCc2ccc(C(F)(F)F)cc2)c1. The number of alkyl halides is 3. The fourth-order valence-electron chi connectivity index (χ4n) is 3.36. The molecule has 8 nitrogen and oxygen atoms in total. The van der Waals surface area contributed by atoms with Gasteiger partial charge in [-0.25, -0.2) is 4.98 Å². The van der Waals surface area contributed by atoms with E-state index in [0.29, 0.717) is 74.1 Å². The number of nitrogens with two attached hydrogens (primary N) is 1. The molecule has 0 atom stereocenters. The van der Waals surface area contributed by atoms with Crippen LogP contribution in [0.4, 0.5) is 18.9 Å². The Hall–Kier alpha value is -3.41. The molecule has 1 aromatic heterocycles. The molecule has 0 saturated heterocycles. The fraction of sp³-hybridized carbons (Fsp3) is 0.360. The van der Waals surface area contributed by atoms with E-state index in [9.17, 15) is 18.0 Å². The standard InChI is InChI=1S/C25H30F3N5O3/c1-33-16-23(32-17-33)21-14-19(24(34)30-9-11-36-13-12-35-10-8-29)4-7-22(21)31-15-18-2-5-20(6-3-18)25(26,27)28/h2-7,14,16-17,31H,8-13,15,29H2,1H3,(H,30,34). The Kier molecular flexibility index (Phi) is 9.86. The first-order valence-electron chi connectivity index (χ1n) is 11.4. The van der Waals surface area contributed by atoms with Crippen LogP contribution < -0.4 is 16.4 Å². The lowest BCUT2D eigenvalue weighted by Crippen LogP contribution is -2.27. The molecule has 11 heteroatoms. The van der Waals surface area contributed by atoms with Crippen molar-refractivity contribution in [2.45, 2.75) is 12.7 Å². The number of hydrogen-bond acceptors (Lipinski definition) is 6. The maximum Gasteiger partial charge on any atom is 0.416 e. The zero-order chi connectivity index (χ0) is 26.0. The van der Waals surface area contributed by atoms with Crippen molar-refractivity contribution >= 4 is 11.6 Å². The molecule has 0 fully saturated rings. The number of aryl methyl sites for hydroxylation is 1. The first-order chi connectivity index (χ1) is 17.3. The lowest BCUT2D eigenvalue weighted by molar-refractivity contribution is -0.137. The first-order valence-corrected chi connectivity index (χ1v) is 11.4. The minimum atomic E-state index is -4.38. The summed E-state index contributed by atoms with van der Waals surface area (Å²) >= 11 is 0. The summed E-state index contributed by atoms with van der Waals surface area (Å²) in [6, 6.07) is 10.2. The van der Waals surface area contributed by atoms with Gasteiger partial charge in [0.05, 0.1) is 44.0 Å². The van der Waals surface area contributed by atoms with Gasteiger partial charge in [-0.05, 0) is 35.9 Å². The summed E-state index contributed by atoms with van der Waals surface area (Å²) in [5.74, 6) is -0.260. The van der Waals surface area contributed by atoms with E-state index in [1.807, 2.05) is 13.2 Å². The maximum atomic E-state index is 12.8. The van der Waals surface area contributed by atoms with Crippen LogP contribution in [0, 0.1) is 0 Å². The van der Waals surface area contributed by atoms with E-state index < -0.39 is 11.7 Å². The number of anilines is 1. The number of nitrogens with one attached hydrogen (secondary N) is 2. The summed E-state index contributed by atoms with van der Waals surface area (Å²) in [4.78, 5) is 17.1. The van der Waals surface area contributed by atoms with Crippen LogP contribution in [0.2, 0.25) is 0 Å². The van der Waals surface area contributed by atoms with E-state index in [4.69, 9.17) is 15.2 Å². The van der Waals surface area contributed by atoms with Crippen LogP contribution in [0.1, 0.15) is 21.5 Å². The molecule has 194 valence electrons. The third-order valence-electron chi connectivity index (χ3n) is 5.19. The molecule has 0 aliphatic carbocycles. The highest BCUT2D eigenvalue weighted by molar-refractivity contribution is 5.96. The molecular weight excluding hydrogens is 475 g/mol. The van der Waals surface area contributed by atoms with Gasteiger partial charge >= 0.3 is 6.18 Å². The largest absolute Gasteiger partial charge is 0.416 e. The molecule has 0 spiro atoms. The molecule has 0 radical (unpaired) electrons. The van der Waals surface area contributed by atoms with Gasteiger partial charge in [0.15, 0.2) is 0 Å². The van der Waals surface area contributed by atoms with Crippen molar-refractivity contribution in [1.29, 1.82) is 0 Å². The molecule has 0 aliphatic heterocycles. The van der Waals surface area contributed by atoms with Gasteiger partial charge in [0.2, 0.25) is 0 Å². The monoisotopic (exact) mass is 505 g/mol. The van der Waals surface area contributed by atoms with Gasteiger partial charge in [-0.15, -0.1) is 0 Å². The number of carbonyl (C=O) groups is 1. The summed E-state index contributed by atoms with van der Waals surface area (Å²) < 4.78 is 50.9. The van der Waals surface area contributed by atoms with Crippen LogP contribution in [0.5, 0.6) is 0 Å². The van der Waals surface area contributed by atoms with Crippen molar-refractivity contribution < 1.29 is 27.4 Å². The van der Waals surface area contributed by atoms with E-state index in [2.05, 4.69) is 15.6 Å². The Morgan fingerprint density at radius 2 is 1.78 bits per heavy atom. The molecule has 2 aromatic carbocycles. The molecule has 3 aromatic rings. The zero-order valence-corrected chi connectivity index (χ0v) is 20.0. The van der Waals surface area contributed by atoms with Gasteiger partial charge in [0.1, 0.15) is 0 Å². The Bertz CT molecular complexity index is 1120. The number of ether oxygens (including phenoxy) is 2. The van der Waals surface area contributed by atoms with Crippen LogP contribution in [0.25, 0.3) is 11.3 Å². The predicted octanol–water partition coefficient (Wildman–Crippen LogP) is 3.44. The van der Waals surface area contributed by atoms with Crippen molar-refractivity contribution in [3.63, 3.8) is 0 Å². The number of nitrogens with zero attached hydrogens (tertiary/aromatic N) is 2. The minimum absolute atomic E-state index is 0.260. The number of benzene rings is 2. The average molecular weight is 506 g/mol. The van der Waals surface area contributed by atoms with Crippen molar-refractivity contribution in [3.8, 4) is 11.3 Å². The number of carbonyl (C=O) groups excluding carboxylic acids is 1. The lowest BCUT2D eigenvalue weighted by Gasteiger charge is -2.14.